The lowest BCUT2D eigenvalue weighted by molar-refractivity contribution is -0.161. The van der Waals surface area contributed by atoms with E-state index < -0.39 is 5.60 Å². The molecule has 0 bridgehead atoms. The Balaban J connectivity index is 1.49. The summed E-state index contributed by atoms with van der Waals surface area (Å²) in [6.45, 7) is 3.68. The lowest BCUT2D eigenvalue weighted by Gasteiger charge is -2.42. The zero-order valence-electron chi connectivity index (χ0n) is 15.7. The molecule has 1 atom stereocenters. The van der Waals surface area contributed by atoms with E-state index in [4.69, 9.17) is 0 Å². The second-order valence-electron chi connectivity index (χ2n) is 7.84. The maximum absolute atomic E-state index is 12.9. The number of likely N-dealkylation sites (tertiary alicyclic amines) is 2. The van der Waals surface area contributed by atoms with Gasteiger partial charge in [0.25, 0.3) is 5.91 Å². The Kier molecular flexibility index (Phi) is 5.97. The van der Waals surface area contributed by atoms with Crippen molar-refractivity contribution in [2.45, 2.75) is 51.0 Å². The third-order valence-corrected chi connectivity index (χ3v) is 5.90. The summed E-state index contributed by atoms with van der Waals surface area (Å²) in [5.41, 5.74) is -0.0345. The maximum atomic E-state index is 12.9. The number of carbonyl (C=O) groups is 2. The van der Waals surface area contributed by atoms with Gasteiger partial charge >= 0.3 is 0 Å². The Hall–Kier alpha value is -1.88. The predicted octanol–water partition coefficient (Wildman–Crippen LogP) is 2.23. The summed E-state index contributed by atoms with van der Waals surface area (Å²) in [7, 11) is 0. The number of carbonyl (C=O) groups excluding carboxylic acids is 2. The fraction of sp³-hybridized carbons (Fsp3) is 0.619. The Morgan fingerprint density at radius 3 is 2.46 bits per heavy atom. The van der Waals surface area contributed by atoms with E-state index in [-0.39, 0.29) is 18.4 Å². The van der Waals surface area contributed by atoms with E-state index in [0.717, 1.165) is 25.7 Å². The first-order valence-corrected chi connectivity index (χ1v) is 9.79. The van der Waals surface area contributed by atoms with Crippen LogP contribution in [0.3, 0.4) is 0 Å². The van der Waals surface area contributed by atoms with Crippen LogP contribution in [-0.2, 0) is 16.0 Å². The van der Waals surface area contributed by atoms with Crippen molar-refractivity contribution in [3.63, 3.8) is 0 Å². The van der Waals surface area contributed by atoms with E-state index in [9.17, 15) is 14.7 Å². The predicted molar refractivity (Wildman–Crippen MR) is 101 cm³/mol. The number of nitrogens with zero attached hydrogens (tertiary/aromatic N) is 2. The summed E-state index contributed by atoms with van der Waals surface area (Å²) in [6, 6.07) is 10.5. The number of aryl methyl sites for hydroxylation is 1. The van der Waals surface area contributed by atoms with Gasteiger partial charge in [-0.1, -0.05) is 30.3 Å². The molecule has 0 saturated carbocycles. The molecule has 0 aromatic heterocycles. The molecular formula is C21H30N2O3. The summed E-state index contributed by atoms with van der Waals surface area (Å²) >= 11 is 0. The molecule has 2 aliphatic heterocycles. The largest absolute Gasteiger partial charge is 0.378 e. The van der Waals surface area contributed by atoms with Crippen LogP contribution in [0.2, 0.25) is 0 Å². The van der Waals surface area contributed by atoms with Gasteiger partial charge in [-0.15, -0.1) is 0 Å². The minimum atomic E-state index is -1.40. The maximum Gasteiger partial charge on any atom is 0.256 e. The molecule has 1 aromatic rings. The first-order chi connectivity index (χ1) is 12.5. The third kappa shape index (κ3) is 4.44. The Morgan fingerprint density at radius 2 is 1.81 bits per heavy atom. The number of benzene rings is 1. The average molecular weight is 358 g/mol. The lowest BCUT2D eigenvalue weighted by Crippen LogP contribution is -2.59. The molecule has 3 rings (SSSR count). The van der Waals surface area contributed by atoms with Crippen LogP contribution in [-0.4, -0.2) is 58.5 Å². The van der Waals surface area contributed by atoms with Crippen molar-refractivity contribution < 1.29 is 14.7 Å². The van der Waals surface area contributed by atoms with Gasteiger partial charge in [0.2, 0.25) is 5.91 Å². The second kappa shape index (κ2) is 8.21. The van der Waals surface area contributed by atoms with Crippen molar-refractivity contribution in [3.8, 4) is 0 Å². The monoisotopic (exact) mass is 358 g/mol. The van der Waals surface area contributed by atoms with E-state index in [1.807, 2.05) is 11.0 Å². The van der Waals surface area contributed by atoms with Crippen LogP contribution in [0.1, 0.15) is 44.6 Å². The van der Waals surface area contributed by atoms with Gasteiger partial charge in [-0.2, -0.15) is 0 Å². The molecule has 2 heterocycles. The first-order valence-electron chi connectivity index (χ1n) is 9.79. The lowest BCUT2D eigenvalue weighted by atomic mass is 9.87. The van der Waals surface area contributed by atoms with E-state index in [1.165, 1.54) is 12.5 Å². The van der Waals surface area contributed by atoms with E-state index in [1.54, 1.807) is 4.90 Å². The SMILES string of the molecule is CC(=O)N1CCCC(O)(C(=O)N2CCC(CCc3ccccc3)CC2)C1. The highest BCUT2D eigenvalue weighted by Crippen LogP contribution is 2.28. The van der Waals surface area contributed by atoms with Crippen LogP contribution in [0.4, 0.5) is 0 Å². The molecule has 1 aromatic carbocycles. The van der Waals surface area contributed by atoms with Crippen molar-refractivity contribution in [1.29, 1.82) is 0 Å². The molecule has 26 heavy (non-hydrogen) atoms. The van der Waals surface area contributed by atoms with Crippen molar-refractivity contribution in [2.24, 2.45) is 5.92 Å². The summed E-state index contributed by atoms with van der Waals surface area (Å²) in [6.07, 6.45) is 5.33. The molecule has 2 amide bonds. The van der Waals surface area contributed by atoms with E-state index in [0.29, 0.717) is 38.4 Å². The number of hydrogen-bond donors (Lipinski definition) is 1. The minimum absolute atomic E-state index is 0.0736. The smallest absolute Gasteiger partial charge is 0.256 e. The zero-order chi connectivity index (χ0) is 18.6. The molecular weight excluding hydrogens is 328 g/mol. The molecule has 142 valence electrons. The number of piperidine rings is 2. The Labute approximate surface area is 156 Å². The van der Waals surface area contributed by atoms with Gasteiger partial charge < -0.3 is 14.9 Å². The van der Waals surface area contributed by atoms with Crippen molar-refractivity contribution in [3.05, 3.63) is 35.9 Å². The zero-order valence-corrected chi connectivity index (χ0v) is 15.7. The fourth-order valence-electron chi connectivity index (χ4n) is 4.21. The molecule has 2 saturated heterocycles. The number of β-amino-alcohol motifs (C(OH)–C–C–N with tert-alkyl or cyclic N) is 1. The quantitative estimate of drug-likeness (QED) is 0.898. The van der Waals surface area contributed by atoms with E-state index in [2.05, 4.69) is 24.3 Å². The van der Waals surface area contributed by atoms with Crippen molar-refractivity contribution >= 4 is 11.8 Å². The summed E-state index contributed by atoms with van der Waals surface area (Å²) < 4.78 is 0. The molecule has 2 fully saturated rings. The summed E-state index contributed by atoms with van der Waals surface area (Å²) in [5, 5.41) is 10.8. The van der Waals surface area contributed by atoms with Gasteiger partial charge in [0.05, 0.1) is 6.54 Å². The minimum Gasteiger partial charge on any atom is -0.378 e. The van der Waals surface area contributed by atoms with Gasteiger partial charge in [0.1, 0.15) is 0 Å². The summed E-state index contributed by atoms with van der Waals surface area (Å²) in [4.78, 5) is 27.9. The van der Waals surface area contributed by atoms with Crippen LogP contribution in [0.25, 0.3) is 0 Å². The van der Waals surface area contributed by atoms with Gasteiger partial charge in [0, 0.05) is 26.6 Å². The molecule has 2 aliphatic rings. The van der Waals surface area contributed by atoms with Crippen LogP contribution in [0.5, 0.6) is 0 Å². The molecule has 0 spiro atoms. The first kappa shape index (κ1) is 18.9. The standard InChI is InChI=1S/C21H30N2O3/c1-17(24)23-13-5-12-21(26,16-23)20(25)22-14-10-19(11-15-22)9-8-18-6-3-2-4-7-18/h2-4,6-7,19,26H,5,8-16H2,1H3. The normalized spacial score (nSPS) is 24.5. The van der Waals surface area contributed by atoms with Crippen molar-refractivity contribution in [2.75, 3.05) is 26.2 Å². The number of hydrogen-bond acceptors (Lipinski definition) is 3. The fourth-order valence-corrected chi connectivity index (χ4v) is 4.21. The Morgan fingerprint density at radius 1 is 1.12 bits per heavy atom. The molecule has 1 N–H and O–H groups in total. The number of rotatable bonds is 4. The number of amides is 2. The topological polar surface area (TPSA) is 60.9 Å². The van der Waals surface area contributed by atoms with E-state index >= 15 is 0 Å². The highest BCUT2D eigenvalue weighted by atomic mass is 16.3. The van der Waals surface area contributed by atoms with Gasteiger partial charge in [0.15, 0.2) is 5.60 Å². The molecule has 5 nitrogen and oxygen atoms in total. The highest BCUT2D eigenvalue weighted by Gasteiger charge is 2.44. The van der Waals surface area contributed by atoms with Crippen LogP contribution < -0.4 is 0 Å². The highest BCUT2D eigenvalue weighted by molar-refractivity contribution is 5.86. The van der Waals surface area contributed by atoms with Crippen LogP contribution in [0, 0.1) is 5.92 Å². The van der Waals surface area contributed by atoms with Gasteiger partial charge in [-0.3, -0.25) is 9.59 Å². The molecule has 0 aliphatic carbocycles. The van der Waals surface area contributed by atoms with Gasteiger partial charge in [-0.25, -0.2) is 0 Å². The molecule has 5 heteroatoms. The van der Waals surface area contributed by atoms with Crippen LogP contribution in [0.15, 0.2) is 30.3 Å². The van der Waals surface area contributed by atoms with Crippen molar-refractivity contribution in [1.82, 2.24) is 9.80 Å². The molecule has 1 unspecified atom stereocenters. The average Bonchev–Trinajstić information content (AvgIpc) is 2.67. The second-order valence-corrected chi connectivity index (χ2v) is 7.84. The Bertz CT molecular complexity index is 625. The van der Waals surface area contributed by atoms with Crippen LogP contribution >= 0.6 is 0 Å². The van der Waals surface area contributed by atoms with Gasteiger partial charge in [-0.05, 0) is 50.0 Å². The molecule has 0 radical (unpaired) electrons. The summed E-state index contributed by atoms with van der Waals surface area (Å²) in [5.74, 6) is 0.370. The number of aliphatic hydroxyl groups is 1. The third-order valence-electron chi connectivity index (χ3n) is 5.90.